The van der Waals surface area contributed by atoms with Gasteiger partial charge < -0.3 is 14.3 Å². The number of aryl methyl sites for hydroxylation is 2. The Hall–Kier alpha value is -3.08. The minimum Gasteiger partial charge on any atom is -0.486 e. The molecule has 2 aromatic carbocycles. The Balaban J connectivity index is 0.00000210. The summed E-state index contributed by atoms with van der Waals surface area (Å²) >= 11 is 0. The molecule has 0 saturated carbocycles. The van der Waals surface area contributed by atoms with Crippen LogP contribution in [0.5, 0.6) is 5.75 Å². The van der Waals surface area contributed by atoms with Crippen LogP contribution in [0, 0.1) is 19.3 Å². The summed E-state index contributed by atoms with van der Waals surface area (Å²) < 4.78 is 11.4. The summed E-state index contributed by atoms with van der Waals surface area (Å²) in [7, 11) is 0. The second-order valence-electron chi connectivity index (χ2n) is 9.80. The molecule has 1 heterocycles. The first-order valence-electron chi connectivity index (χ1n) is 12.5. The summed E-state index contributed by atoms with van der Waals surface area (Å²) in [6, 6.07) is 12.1. The molecule has 5 nitrogen and oxygen atoms in total. The summed E-state index contributed by atoms with van der Waals surface area (Å²) in [5.41, 5.74) is 3.82. The molecule has 3 rings (SSSR count). The minimum absolute atomic E-state index is 0.0112. The Bertz CT molecular complexity index is 1190. The van der Waals surface area contributed by atoms with E-state index in [1.807, 2.05) is 59.7 Å². The van der Waals surface area contributed by atoms with Crippen LogP contribution in [0.4, 0.5) is 0 Å². The number of fused-ring (bicyclic) bond motifs is 1. The van der Waals surface area contributed by atoms with Crippen LogP contribution in [0.3, 0.4) is 0 Å². The van der Waals surface area contributed by atoms with Gasteiger partial charge >= 0.3 is 5.97 Å². The van der Waals surface area contributed by atoms with Gasteiger partial charge in [0.1, 0.15) is 17.9 Å². The van der Waals surface area contributed by atoms with Gasteiger partial charge in [0.2, 0.25) is 5.76 Å². The third kappa shape index (κ3) is 5.61. The van der Waals surface area contributed by atoms with Crippen LogP contribution in [0.25, 0.3) is 11.0 Å². The van der Waals surface area contributed by atoms with E-state index in [1.165, 1.54) is 5.56 Å². The largest absolute Gasteiger partial charge is 0.486 e. The van der Waals surface area contributed by atoms with Crippen LogP contribution in [-0.4, -0.2) is 23.5 Å². The lowest BCUT2D eigenvalue weighted by atomic mass is 9.70. The predicted octanol–water partition coefficient (Wildman–Crippen LogP) is 7.87. The highest BCUT2D eigenvalue weighted by atomic mass is 16.5. The maximum absolute atomic E-state index is 12.3. The van der Waals surface area contributed by atoms with Gasteiger partial charge in [-0.25, -0.2) is 4.79 Å². The zero-order chi connectivity index (χ0) is 26.6. The van der Waals surface area contributed by atoms with Crippen LogP contribution >= 0.6 is 0 Å². The molecule has 0 aliphatic rings. The van der Waals surface area contributed by atoms with Gasteiger partial charge in [0, 0.05) is 21.8 Å². The van der Waals surface area contributed by atoms with Gasteiger partial charge in [0.25, 0.3) is 0 Å². The highest BCUT2D eigenvalue weighted by Crippen LogP contribution is 2.42. The molecule has 0 amide bonds. The molecule has 1 aromatic heterocycles. The number of carboxylic acid groups (broad SMARTS) is 1. The van der Waals surface area contributed by atoms with Crippen molar-refractivity contribution in [3.8, 4) is 5.75 Å². The molecule has 5 heteroatoms. The quantitative estimate of drug-likeness (QED) is 0.355. The topological polar surface area (TPSA) is 76.7 Å². The molecular formula is C30H40O5. The zero-order valence-corrected chi connectivity index (χ0v) is 22.7. The van der Waals surface area contributed by atoms with Crippen LogP contribution in [0.15, 0.2) is 40.8 Å². The van der Waals surface area contributed by atoms with Crippen molar-refractivity contribution in [2.45, 2.75) is 80.6 Å². The van der Waals surface area contributed by atoms with E-state index in [4.69, 9.17) is 9.15 Å². The van der Waals surface area contributed by atoms with E-state index in [0.29, 0.717) is 16.9 Å². The van der Waals surface area contributed by atoms with Gasteiger partial charge in [-0.1, -0.05) is 66.7 Å². The van der Waals surface area contributed by atoms with Crippen molar-refractivity contribution in [2.75, 3.05) is 6.61 Å². The SMILES string of the molecule is CC.CCC(CC)(c1ccc(OCC(=O)C(C)(C)C)c(C)c1)c1ccc2oc(C(=O)O)c(C)c2c1. The maximum atomic E-state index is 12.3. The van der Waals surface area contributed by atoms with E-state index in [-0.39, 0.29) is 23.6 Å². The van der Waals surface area contributed by atoms with Crippen molar-refractivity contribution in [3.05, 3.63) is 64.4 Å². The number of rotatable bonds is 8. The third-order valence-corrected chi connectivity index (χ3v) is 6.81. The lowest BCUT2D eigenvalue weighted by molar-refractivity contribution is -0.128. The van der Waals surface area contributed by atoms with Crippen molar-refractivity contribution in [1.29, 1.82) is 0 Å². The standard InChI is InChI=1S/C28H34O5.C2H6/c1-8-28(9-2,20-11-13-23-21(15-20)18(4)25(33-23)26(30)31)19-10-12-22(17(3)14-19)32-16-24(29)27(5,6)7;1-2/h10-15H,8-9,16H2,1-7H3,(H,30,31);1-2H3. The summed E-state index contributed by atoms with van der Waals surface area (Å²) in [5, 5.41) is 10.2. The first-order chi connectivity index (χ1) is 16.4. The average molecular weight is 481 g/mol. The number of hydrogen-bond donors (Lipinski definition) is 1. The predicted molar refractivity (Wildman–Crippen MR) is 142 cm³/mol. The second-order valence-corrected chi connectivity index (χ2v) is 9.80. The number of aromatic carboxylic acids is 1. The Morgan fingerprint density at radius 2 is 1.51 bits per heavy atom. The van der Waals surface area contributed by atoms with Crippen molar-refractivity contribution in [2.24, 2.45) is 5.41 Å². The fourth-order valence-electron chi connectivity index (χ4n) is 4.42. The summed E-state index contributed by atoms with van der Waals surface area (Å²) in [4.78, 5) is 23.8. The molecule has 0 aliphatic heterocycles. The number of Topliss-reactive ketones (excluding diaryl/α,β-unsaturated/α-hetero) is 1. The third-order valence-electron chi connectivity index (χ3n) is 6.81. The lowest BCUT2D eigenvalue weighted by Gasteiger charge is -2.34. The van der Waals surface area contributed by atoms with E-state index in [0.717, 1.165) is 29.4 Å². The Morgan fingerprint density at radius 3 is 2.03 bits per heavy atom. The molecule has 0 saturated heterocycles. The highest BCUT2D eigenvalue weighted by molar-refractivity contribution is 5.95. The number of ketones is 1. The van der Waals surface area contributed by atoms with E-state index in [1.54, 1.807) is 6.92 Å². The second kappa shape index (κ2) is 11.1. The Morgan fingerprint density at radius 1 is 0.943 bits per heavy atom. The highest BCUT2D eigenvalue weighted by Gasteiger charge is 2.32. The van der Waals surface area contributed by atoms with Gasteiger partial charge in [-0.2, -0.15) is 0 Å². The number of carboxylic acids is 1. The normalized spacial score (nSPS) is 11.7. The molecule has 3 aromatic rings. The Kier molecular flexibility index (Phi) is 8.94. The molecule has 190 valence electrons. The molecule has 0 spiro atoms. The lowest BCUT2D eigenvalue weighted by Crippen LogP contribution is -2.27. The molecule has 35 heavy (non-hydrogen) atoms. The molecular weight excluding hydrogens is 440 g/mol. The summed E-state index contributed by atoms with van der Waals surface area (Å²) in [6.45, 7) is 17.8. The van der Waals surface area contributed by atoms with E-state index >= 15 is 0 Å². The molecule has 0 atom stereocenters. The fraction of sp³-hybridized carbons (Fsp3) is 0.467. The maximum Gasteiger partial charge on any atom is 0.372 e. The van der Waals surface area contributed by atoms with Crippen LogP contribution in [0.2, 0.25) is 0 Å². The molecule has 0 bridgehead atoms. The van der Waals surface area contributed by atoms with Gasteiger partial charge in [0.15, 0.2) is 5.78 Å². The minimum atomic E-state index is -1.06. The molecule has 0 aliphatic carbocycles. The number of furan rings is 1. The van der Waals surface area contributed by atoms with Crippen molar-refractivity contribution in [1.82, 2.24) is 0 Å². The molecule has 1 N–H and O–H groups in total. The number of carbonyl (C=O) groups is 2. The smallest absolute Gasteiger partial charge is 0.372 e. The van der Waals surface area contributed by atoms with Crippen LogP contribution < -0.4 is 4.74 Å². The number of hydrogen-bond acceptors (Lipinski definition) is 4. The first kappa shape index (κ1) is 28.2. The molecule has 0 radical (unpaired) electrons. The number of ether oxygens (including phenoxy) is 1. The monoisotopic (exact) mass is 480 g/mol. The first-order valence-corrected chi connectivity index (χ1v) is 12.5. The van der Waals surface area contributed by atoms with Crippen molar-refractivity contribution in [3.63, 3.8) is 0 Å². The Labute approximate surface area is 209 Å². The average Bonchev–Trinajstić information content (AvgIpc) is 3.16. The fourth-order valence-corrected chi connectivity index (χ4v) is 4.42. The number of benzene rings is 2. The van der Waals surface area contributed by atoms with Gasteiger partial charge in [-0.3, -0.25) is 4.79 Å². The van der Waals surface area contributed by atoms with Gasteiger partial charge in [-0.05, 0) is 61.6 Å². The summed E-state index contributed by atoms with van der Waals surface area (Å²) in [6.07, 6.45) is 1.75. The number of carbonyl (C=O) groups excluding carboxylic acids is 1. The van der Waals surface area contributed by atoms with E-state index < -0.39 is 11.4 Å². The van der Waals surface area contributed by atoms with Crippen molar-refractivity contribution < 1.29 is 23.8 Å². The van der Waals surface area contributed by atoms with Crippen LogP contribution in [0.1, 0.15) is 94.1 Å². The van der Waals surface area contributed by atoms with Gasteiger partial charge in [0.05, 0.1) is 0 Å². The van der Waals surface area contributed by atoms with Crippen molar-refractivity contribution >= 4 is 22.7 Å². The van der Waals surface area contributed by atoms with Gasteiger partial charge in [-0.15, -0.1) is 0 Å². The zero-order valence-electron chi connectivity index (χ0n) is 22.7. The molecule has 0 fully saturated rings. The summed E-state index contributed by atoms with van der Waals surface area (Å²) in [5.74, 6) is -0.293. The van der Waals surface area contributed by atoms with Crippen LogP contribution in [-0.2, 0) is 10.2 Å². The van der Waals surface area contributed by atoms with E-state index in [2.05, 4.69) is 32.0 Å². The van der Waals surface area contributed by atoms with E-state index in [9.17, 15) is 14.7 Å². The molecule has 0 unspecified atom stereocenters.